The van der Waals surface area contributed by atoms with Gasteiger partial charge in [0, 0.05) is 0 Å². The molecule has 1 unspecified atom stereocenters. The zero-order valence-electron chi connectivity index (χ0n) is 8.79. The smallest absolute Gasteiger partial charge is 0.491 e. The van der Waals surface area contributed by atoms with Gasteiger partial charge in [-0.3, -0.25) is 0 Å². The summed E-state index contributed by atoms with van der Waals surface area (Å²) in [5, 5.41) is 8.98. The molecular formula is C10H10BrF3O3. The molecule has 0 saturated heterocycles. The van der Waals surface area contributed by atoms with Crippen LogP contribution in [-0.2, 0) is 0 Å². The van der Waals surface area contributed by atoms with E-state index in [1.165, 1.54) is 19.1 Å². The van der Waals surface area contributed by atoms with E-state index in [-0.39, 0.29) is 16.8 Å². The van der Waals surface area contributed by atoms with Gasteiger partial charge < -0.3 is 14.6 Å². The van der Waals surface area contributed by atoms with E-state index in [0.717, 1.165) is 6.07 Å². The Morgan fingerprint density at radius 2 is 2.06 bits per heavy atom. The van der Waals surface area contributed by atoms with Crippen LogP contribution in [0.15, 0.2) is 22.7 Å². The number of hydrogen-bond acceptors (Lipinski definition) is 3. The van der Waals surface area contributed by atoms with E-state index in [1.54, 1.807) is 0 Å². The SMILES string of the molecule is CC(O)COc1ccc(OC(F)(F)F)c(Br)c1. The second-order valence-corrected chi connectivity index (χ2v) is 4.15. The van der Waals surface area contributed by atoms with Gasteiger partial charge in [-0.25, -0.2) is 0 Å². The first kappa shape index (κ1) is 14.1. The Bertz CT molecular complexity index is 380. The van der Waals surface area contributed by atoms with Crippen molar-refractivity contribution < 1.29 is 27.8 Å². The molecule has 1 N–H and O–H groups in total. The van der Waals surface area contributed by atoms with Crippen LogP contribution in [0.25, 0.3) is 0 Å². The molecule has 0 fully saturated rings. The Kier molecular flexibility index (Phi) is 4.64. The van der Waals surface area contributed by atoms with Gasteiger partial charge in [0.2, 0.25) is 0 Å². The number of alkyl halides is 3. The second kappa shape index (κ2) is 5.59. The summed E-state index contributed by atoms with van der Waals surface area (Å²) in [4.78, 5) is 0. The monoisotopic (exact) mass is 314 g/mol. The van der Waals surface area contributed by atoms with Gasteiger partial charge in [0.1, 0.15) is 18.1 Å². The molecule has 1 aromatic carbocycles. The highest BCUT2D eigenvalue weighted by atomic mass is 79.9. The highest BCUT2D eigenvalue weighted by Crippen LogP contribution is 2.33. The summed E-state index contributed by atoms with van der Waals surface area (Å²) in [6.45, 7) is 1.60. The molecule has 0 spiro atoms. The maximum absolute atomic E-state index is 12.0. The van der Waals surface area contributed by atoms with Crippen molar-refractivity contribution in [3.05, 3.63) is 22.7 Å². The van der Waals surface area contributed by atoms with Crippen LogP contribution in [-0.4, -0.2) is 24.2 Å². The molecule has 1 aromatic rings. The van der Waals surface area contributed by atoms with E-state index < -0.39 is 12.5 Å². The summed E-state index contributed by atoms with van der Waals surface area (Å²) >= 11 is 2.94. The van der Waals surface area contributed by atoms with Crippen molar-refractivity contribution in [1.29, 1.82) is 0 Å². The Labute approximate surface area is 104 Å². The Balaban J connectivity index is 2.72. The van der Waals surface area contributed by atoms with Gasteiger partial charge in [0.25, 0.3) is 0 Å². The number of halogens is 4. The van der Waals surface area contributed by atoms with Crippen LogP contribution in [0.5, 0.6) is 11.5 Å². The zero-order chi connectivity index (χ0) is 13.1. The lowest BCUT2D eigenvalue weighted by Gasteiger charge is -2.12. The van der Waals surface area contributed by atoms with Crippen LogP contribution < -0.4 is 9.47 Å². The van der Waals surface area contributed by atoms with Gasteiger partial charge in [-0.1, -0.05) is 0 Å². The molecule has 1 rings (SSSR count). The molecule has 7 heteroatoms. The summed E-state index contributed by atoms with van der Waals surface area (Å²) in [6.07, 6.45) is -5.38. The van der Waals surface area contributed by atoms with Gasteiger partial charge >= 0.3 is 6.36 Å². The first-order valence-electron chi connectivity index (χ1n) is 4.64. The van der Waals surface area contributed by atoms with Crippen molar-refractivity contribution in [3.63, 3.8) is 0 Å². The third-order valence-corrected chi connectivity index (χ3v) is 2.24. The number of hydrogen-bond donors (Lipinski definition) is 1. The molecule has 0 aliphatic carbocycles. The summed E-state index contributed by atoms with van der Waals surface area (Å²) in [7, 11) is 0. The summed E-state index contributed by atoms with van der Waals surface area (Å²) in [6, 6.07) is 3.80. The van der Waals surface area contributed by atoms with E-state index in [9.17, 15) is 13.2 Å². The first-order valence-corrected chi connectivity index (χ1v) is 5.43. The molecule has 0 radical (unpaired) electrons. The Morgan fingerprint density at radius 1 is 1.41 bits per heavy atom. The highest BCUT2D eigenvalue weighted by Gasteiger charge is 2.31. The maximum atomic E-state index is 12.0. The first-order chi connectivity index (χ1) is 7.78. The van der Waals surface area contributed by atoms with Crippen molar-refractivity contribution in [2.45, 2.75) is 19.4 Å². The van der Waals surface area contributed by atoms with Crippen LogP contribution in [0.4, 0.5) is 13.2 Å². The largest absolute Gasteiger partial charge is 0.573 e. The lowest BCUT2D eigenvalue weighted by Crippen LogP contribution is -2.17. The molecule has 0 bridgehead atoms. The average Bonchev–Trinajstić information content (AvgIpc) is 2.17. The molecule has 0 aliphatic heterocycles. The minimum Gasteiger partial charge on any atom is -0.491 e. The lowest BCUT2D eigenvalue weighted by molar-refractivity contribution is -0.274. The number of ether oxygens (including phenoxy) is 2. The van der Waals surface area contributed by atoms with Crippen LogP contribution in [0, 0.1) is 0 Å². The molecule has 17 heavy (non-hydrogen) atoms. The van der Waals surface area contributed by atoms with Crippen LogP contribution in [0.3, 0.4) is 0 Å². The fourth-order valence-corrected chi connectivity index (χ4v) is 1.43. The second-order valence-electron chi connectivity index (χ2n) is 3.30. The minimum absolute atomic E-state index is 0.0614. The predicted octanol–water partition coefficient (Wildman–Crippen LogP) is 3.11. The molecule has 1 atom stereocenters. The van der Waals surface area contributed by atoms with E-state index in [4.69, 9.17) is 9.84 Å². The highest BCUT2D eigenvalue weighted by molar-refractivity contribution is 9.10. The maximum Gasteiger partial charge on any atom is 0.573 e. The Hall–Kier alpha value is -0.950. The van der Waals surface area contributed by atoms with Gasteiger partial charge in [-0.2, -0.15) is 0 Å². The third kappa shape index (κ3) is 5.27. The molecule has 0 saturated carbocycles. The Morgan fingerprint density at radius 3 is 2.53 bits per heavy atom. The fraction of sp³-hybridized carbons (Fsp3) is 0.400. The molecule has 3 nitrogen and oxygen atoms in total. The summed E-state index contributed by atoms with van der Waals surface area (Å²) in [5.41, 5.74) is 0. The number of aliphatic hydroxyl groups excluding tert-OH is 1. The van der Waals surface area contributed by atoms with Crippen LogP contribution in [0.2, 0.25) is 0 Å². The van der Waals surface area contributed by atoms with E-state index in [1.807, 2.05) is 0 Å². The quantitative estimate of drug-likeness (QED) is 0.928. The molecular weight excluding hydrogens is 305 g/mol. The number of rotatable bonds is 4. The number of benzene rings is 1. The van der Waals surface area contributed by atoms with Gasteiger partial charge in [0.05, 0.1) is 10.6 Å². The topological polar surface area (TPSA) is 38.7 Å². The predicted molar refractivity (Wildman–Crippen MR) is 58.0 cm³/mol. The van der Waals surface area contributed by atoms with E-state index in [2.05, 4.69) is 20.7 Å². The standard InChI is InChI=1S/C10H10BrF3O3/c1-6(15)5-16-7-2-3-9(8(11)4-7)17-10(12,13)14/h2-4,6,15H,5H2,1H3. The minimum atomic E-state index is -4.73. The van der Waals surface area contributed by atoms with Crippen LogP contribution in [0.1, 0.15) is 6.92 Å². The normalized spacial score (nSPS) is 13.3. The van der Waals surface area contributed by atoms with E-state index in [0.29, 0.717) is 5.75 Å². The number of aliphatic hydroxyl groups is 1. The molecule has 0 heterocycles. The van der Waals surface area contributed by atoms with E-state index >= 15 is 0 Å². The van der Waals surface area contributed by atoms with Crippen molar-refractivity contribution >= 4 is 15.9 Å². The molecule has 0 amide bonds. The third-order valence-electron chi connectivity index (χ3n) is 1.62. The van der Waals surface area contributed by atoms with Gasteiger partial charge in [-0.05, 0) is 41.1 Å². The van der Waals surface area contributed by atoms with Crippen molar-refractivity contribution in [1.82, 2.24) is 0 Å². The lowest BCUT2D eigenvalue weighted by atomic mass is 10.3. The average molecular weight is 315 g/mol. The van der Waals surface area contributed by atoms with Gasteiger partial charge in [0.15, 0.2) is 0 Å². The molecule has 0 aromatic heterocycles. The summed E-state index contributed by atoms with van der Waals surface area (Å²) in [5.74, 6) is -0.00537. The van der Waals surface area contributed by atoms with Crippen molar-refractivity contribution in [2.75, 3.05) is 6.61 Å². The fourth-order valence-electron chi connectivity index (χ4n) is 0.996. The molecule has 0 aliphatic rings. The summed E-state index contributed by atoms with van der Waals surface area (Å²) < 4.78 is 44.9. The molecule has 96 valence electrons. The zero-order valence-corrected chi connectivity index (χ0v) is 10.4. The van der Waals surface area contributed by atoms with Crippen LogP contribution >= 0.6 is 15.9 Å². The van der Waals surface area contributed by atoms with Crippen molar-refractivity contribution in [3.8, 4) is 11.5 Å². The van der Waals surface area contributed by atoms with Crippen molar-refractivity contribution in [2.24, 2.45) is 0 Å². The van der Waals surface area contributed by atoms with Gasteiger partial charge in [-0.15, -0.1) is 13.2 Å².